The molecule has 7 nitrogen and oxygen atoms in total. The summed E-state index contributed by atoms with van der Waals surface area (Å²) >= 11 is 6.10. The summed E-state index contributed by atoms with van der Waals surface area (Å²) in [6, 6.07) is 10.0. The maximum absolute atomic E-state index is 12.4. The molecular formula is C20H23ClN4O3S. The molecule has 0 fully saturated rings. The molecule has 1 amide bonds. The van der Waals surface area contributed by atoms with Crippen LogP contribution in [0.2, 0.25) is 5.02 Å². The number of nitrogens with two attached hydrogens (primary N) is 1. The number of benzene rings is 2. The number of aromatic nitrogens is 2. The summed E-state index contributed by atoms with van der Waals surface area (Å²) in [5.74, 6) is 0.579. The quantitative estimate of drug-likeness (QED) is 0.592. The molecule has 0 unspecified atom stereocenters. The van der Waals surface area contributed by atoms with Gasteiger partial charge in [0.2, 0.25) is 15.9 Å². The van der Waals surface area contributed by atoms with Crippen LogP contribution in [0.15, 0.2) is 41.3 Å². The molecule has 2 aromatic carbocycles. The molecule has 0 aliphatic carbocycles. The summed E-state index contributed by atoms with van der Waals surface area (Å²) in [5.41, 5.74) is 2.95. The summed E-state index contributed by atoms with van der Waals surface area (Å²) in [5, 5.41) is 8.65. The van der Waals surface area contributed by atoms with Gasteiger partial charge in [0, 0.05) is 30.1 Å². The largest absolute Gasteiger partial charge is 0.328 e. The number of halogens is 1. The van der Waals surface area contributed by atoms with Crippen LogP contribution in [0.4, 0.5) is 5.69 Å². The number of carbonyl (C=O) groups is 1. The fourth-order valence-corrected chi connectivity index (χ4v) is 3.83. The molecule has 0 saturated carbocycles. The van der Waals surface area contributed by atoms with Gasteiger partial charge in [0.05, 0.1) is 15.9 Å². The van der Waals surface area contributed by atoms with Gasteiger partial charge < -0.3 is 9.88 Å². The number of aryl methyl sites for hydroxylation is 3. The van der Waals surface area contributed by atoms with Gasteiger partial charge in [-0.15, -0.1) is 0 Å². The number of sulfonamides is 1. The van der Waals surface area contributed by atoms with Crippen molar-refractivity contribution in [3.05, 3.63) is 52.8 Å². The van der Waals surface area contributed by atoms with E-state index in [1.165, 1.54) is 12.1 Å². The lowest BCUT2D eigenvalue weighted by Crippen LogP contribution is -2.14. The van der Waals surface area contributed by atoms with Crippen molar-refractivity contribution in [2.24, 2.45) is 5.14 Å². The van der Waals surface area contributed by atoms with Crippen LogP contribution >= 0.6 is 11.6 Å². The van der Waals surface area contributed by atoms with Crippen LogP contribution in [0.3, 0.4) is 0 Å². The van der Waals surface area contributed by atoms with Crippen molar-refractivity contribution in [3.63, 3.8) is 0 Å². The molecule has 3 N–H and O–H groups in total. The van der Waals surface area contributed by atoms with Gasteiger partial charge in [-0.05, 0) is 49.2 Å². The third-order valence-corrected chi connectivity index (χ3v) is 5.92. The number of amides is 1. The van der Waals surface area contributed by atoms with Crippen molar-refractivity contribution in [1.29, 1.82) is 0 Å². The zero-order chi connectivity index (χ0) is 21.2. The van der Waals surface area contributed by atoms with Crippen molar-refractivity contribution in [3.8, 4) is 0 Å². The number of imidazole rings is 1. The lowest BCUT2D eigenvalue weighted by molar-refractivity contribution is -0.116. The van der Waals surface area contributed by atoms with Crippen LogP contribution in [0.25, 0.3) is 11.0 Å². The van der Waals surface area contributed by atoms with Crippen LogP contribution in [-0.4, -0.2) is 23.9 Å². The Kier molecular flexibility index (Phi) is 6.26. The van der Waals surface area contributed by atoms with E-state index in [2.05, 4.69) is 10.3 Å². The second kappa shape index (κ2) is 8.52. The first-order valence-electron chi connectivity index (χ1n) is 9.27. The van der Waals surface area contributed by atoms with Crippen molar-refractivity contribution in [2.75, 3.05) is 5.32 Å². The number of fused-ring (bicyclic) bond motifs is 1. The van der Waals surface area contributed by atoms with Crippen LogP contribution in [0.5, 0.6) is 0 Å². The Balaban J connectivity index is 1.80. The van der Waals surface area contributed by atoms with E-state index >= 15 is 0 Å². The number of hydrogen-bond acceptors (Lipinski definition) is 4. The van der Waals surface area contributed by atoms with Crippen molar-refractivity contribution < 1.29 is 13.2 Å². The minimum Gasteiger partial charge on any atom is -0.328 e. The molecule has 0 aliphatic heterocycles. The van der Waals surface area contributed by atoms with Gasteiger partial charge in [0.1, 0.15) is 5.82 Å². The van der Waals surface area contributed by atoms with Gasteiger partial charge in [-0.3, -0.25) is 4.79 Å². The summed E-state index contributed by atoms with van der Waals surface area (Å²) in [7, 11) is -3.80. The highest BCUT2D eigenvalue weighted by molar-refractivity contribution is 7.89. The lowest BCUT2D eigenvalue weighted by atomic mass is 10.2. The zero-order valence-electron chi connectivity index (χ0n) is 16.3. The average Bonchev–Trinajstić information content (AvgIpc) is 3.00. The maximum atomic E-state index is 12.4. The smallest absolute Gasteiger partial charge is 0.238 e. The van der Waals surface area contributed by atoms with Gasteiger partial charge in [0.25, 0.3) is 0 Å². The Bertz CT molecular complexity index is 1170. The van der Waals surface area contributed by atoms with Crippen LogP contribution < -0.4 is 10.5 Å². The molecule has 154 valence electrons. The fraction of sp³-hybridized carbons (Fsp3) is 0.300. The van der Waals surface area contributed by atoms with Gasteiger partial charge in [-0.25, -0.2) is 18.5 Å². The Morgan fingerprint density at radius 3 is 2.66 bits per heavy atom. The molecular weight excluding hydrogens is 412 g/mol. The minimum atomic E-state index is -3.80. The summed E-state index contributed by atoms with van der Waals surface area (Å²) in [6.07, 6.45) is 1.54. The molecule has 29 heavy (non-hydrogen) atoms. The second-order valence-electron chi connectivity index (χ2n) is 6.89. The molecule has 9 heteroatoms. The molecule has 0 aliphatic rings. The predicted molar refractivity (Wildman–Crippen MR) is 115 cm³/mol. The third kappa shape index (κ3) is 4.95. The van der Waals surface area contributed by atoms with E-state index in [4.69, 9.17) is 16.7 Å². The molecule has 3 aromatic rings. The SMILES string of the molecule is CCCn1c(CCC(=O)Nc2ccc(C)c(Cl)c2)nc2cc(S(N)(=O)=O)ccc21. The van der Waals surface area contributed by atoms with Gasteiger partial charge in [0.15, 0.2) is 0 Å². The normalized spacial score (nSPS) is 11.7. The minimum absolute atomic E-state index is 0.0201. The molecule has 0 radical (unpaired) electrons. The summed E-state index contributed by atoms with van der Waals surface area (Å²) in [4.78, 5) is 16.9. The maximum Gasteiger partial charge on any atom is 0.238 e. The van der Waals surface area contributed by atoms with E-state index in [9.17, 15) is 13.2 Å². The second-order valence-corrected chi connectivity index (χ2v) is 8.86. The number of hydrogen-bond donors (Lipinski definition) is 2. The molecule has 3 rings (SSSR count). The monoisotopic (exact) mass is 434 g/mol. The van der Waals surface area contributed by atoms with Crippen LogP contribution in [0, 0.1) is 6.92 Å². The van der Waals surface area contributed by atoms with Gasteiger partial charge >= 0.3 is 0 Å². The standard InChI is InChI=1S/C20H23ClN4O3S/c1-3-10-25-18-7-6-15(29(22,27)28)12-17(18)24-19(25)8-9-20(26)23-14-5-4-13(2)16(21)11-14/h4-7,11-12H,3,8-10H2,1-2H3,(H,23,26)(H2,22,27,28). The number of carbonyl (C=O) groups excluding carboxylic acids is 1. The first kappa shape index (κ1) is 21.3. The van der Waals surface area contributed by atoms with E-state index < -0.39 is 10.0 Å². The number of rotatable bonds is 7. The zero-order valence-corrected chi connectivity index (χ0v) is 17.8. The van der Waals surface area contributed by atoms with Crippen LogP contribution in [0.1, 0.15) is 31.2 Å². The molecule has 1 heterocycles. The Labute approximate surface area is 174 Å². The predicted octanol–water partition coefficient (Wildman–Crippen LogP) is 3.63. The van der Waals surface area contributed by atoms with Gasteiger partial charge in [-0.2, -0.15) is 0 Å². The van der Waals surface area contributed by atoms with Crippen molar-refractivity contribution >= 4 is 44.3 Å². The van der Waals surface area contributed by atoms with E-state index in [0.29, 0.717) is 22.6 Å². The summed E-state index contributed by atoms with van der Waals surface area (Å²) < 4.78 is 25.2. The average molecular weight is 435 g/mol. The summed E-state index contributed by atoms with van der Waals surface area (Å²) in [6.45, 7) is 4.66. The number of primary sulfonamides is 1. The highest BCUT2D eigenvalue weighted by Crippen LogP contribution is 2.22. The highest BCUT2D eigenvalue weighted by Gasteiger charge is 2.15. The number of nitrogens with zero attached hydrogens (tertiary/aromatic N) is 2. The number of nitrogens with one attached hydrogen (secondary N) is 1. The van der Waals surface area contributed by atoms with Crippen LogP contribution in [-0.2, 0) is 27.8 Å². The van der Waals surface area contributed by atoms with Crippen molar-refractivity contribution in [1.82, 2.24) is 9.55 Å². The highest BCUT2D eigenvalue weighted by atomic mass is 35.5. The molecule has 0 atom stereocenters. The molecule has 0 saturated heterocycles. The van der Waals surface area contributed by atoms with Gasteiger partial charge in [-0.1, -0.05) is 24.6 Å². The lowest BCUT2D eigenvalue weighted by Gasteiger charge is -2.09. The molecule has 0 bridgehead atoms. The topological polar surface area (TPSA) is 107 Å². The van der Waals surface area contributed by atoms with E-state index in [1.54, 1.807) is 18.2 Å². The fourth-order valence-electron chi connectivity index (χ4n) is 3.12. The van der Waals surface area contributed by atoms with E-state index in [1.807, 2.05) is 24.5 Å². The Morgan fingerprint density at radius 1 is 1.24 bits per heavy atom. The Hall–Kier alpha value is -2.42. The van der Waals surface area contributed by atoms with E-state index in [0.717, 1.165) is 29.9 Å². The van der Waals surface area contributed by atoms with Crippen molar-refractivity contribution in [2.45, 2.75) is 44.6 Å². The van der Waals surface area contributed by atoms with E-state index in [-0.39, 0.29) is 17.2 Å². The molecule has 1 aromatic heterocycles. The molecule has 0 spiro atoms. The third-order valence-electron chi connectivity index (χ3n) is 4.61. The Morgan fingerprint density at radius 2 is 2.00 bits per heavy atom. The first-order valence-corrected chi connectivity index (χ1v) is 11.2. The number of anilines is 1. The first-order chi connectivity index (χ1) is 13.7.